The zero-order valence-electron chi connectivity index (χ0n) is 10.1. The van der Waals surface area contributed by atoms with Gasteiger partial charge in [0, 0.05) is 12.7 Å². The molecule has 0 amide bonds. The van der Waals surface area contributed by atoms with E-state index in [0.29, 0.717) is 0 Å². The summed E-state index contributed by atoms with van der Waals surface area (Å²) in [6, 6.07) is 12.0. The third-order valence-electron chi connectivity index (χ3n) is 2.62. The number of hydrogen-bond acceptors (Lipinski definition) is 3. The molecular weight excluding hydrogens is 212 g/mol. The second-order valence-corrected chi connectivity index (χ2v) is 3.84. The van der Waals surface area contributed by atoms with Crippen LogP contribution < -0.4 is 10.1 Å². The molecule has 0 saturated carbocycles. The van der Waals surface area contributed by atoms with Crippen LogP contribution >= 0.6 is 0 Å². The summed E-state index contributed by atoms with van der Waals surface area (Å²) in [5.41, 5.74) is 3.26. The fourth-order valence-electron chi connectivity index (χ4n) is 1.65. The Bertz CT molecular complexity index is 497. The maximum absolute atomic E-state index is 5.19. The zero-order valence-corrected chi connectivity index (χ0v) is 10.1. The van der Waals surface area contributed by atoms with Crippen molar-refractivity contribution in [1.29, 1.82) is 0 Å². The van der Waals surface area contributed by atoms with E-state index in [4.69, 9.17) is 4.74 Å². The van der Waals surface area contributed by atoms with Crippen LogP contribution in [0.1, 0.15) is 11.3 Å². The molecule has 0 aliphatic heterocycles. The summed E-state index contributed by atoms with van der Waals surface area (Å²) in [5.74, 6) is 0.882. The minimum absolute atomic E-state index is 0.768. The van der Waals surface area contributed by atoms with Crippen LogP contribution in [0.4, 0.5) is 5.69 Å². The molecule has 0 saturated heterocycles. The number of nitrogens with zero attached hydrogens (tertiary/aromatic N) is 1. The molecule has 0 aliphatic rings. The lowest BCUT2D eigenvalue weighted by Crippen LogP contribution is -2.01. The fraction of sp³-hybridized carbons (Fsp3) is 0.214. The molecule has 1 N–H and O–H groups in total. The number of aromatic nitrogens is 1. The van der Waals surface area contributed by atoms with E-state index in [9.17, 15) is 0 Å². The third kappa shape index (κ3) is 2.97. The van der Waals surface area contributed by atoms with Crippen LogP contribution in [0.3, 0.4) is 0 Å². The Balaban J connectivity index is 2.05. The van der Waals surface area contributed by atoms with Crippen molar-refractivity contribution >= 4 is 5.69 Å². The summed E-state index contributed by atoms with van der Waals surface area (Å²) in [6.45, 7) is 2.76. The summed E-state index contributed by atoms with van der Waals surface area (Å²) in [7, 11) is 1.68. The zero-order chi connectivity index (χ0) is 12.1. The number of nitrogens with one attached hydrogen (secondary N) is 1. The van der Waals surface area contributed by atoms with Crippen molar-refractivity contribution in [2.45, 2.75) is 13.5 Å². The van der Waals surface area contributed by atoms with Crippen LogP contribution in [0.2, 0.25) is 0 Å². The average molecular weight is 228 g/mol. The van der Waals surface area contributed by atoms with Gasteiger partial charge in [0.25, 0.3) is 0 Å². The lowest BCUT2D eigenvalue weighted by atomic mass is 10.2. The van der Waals surface area contributed by atoms with Gasteiger partial charge >= 0.3 is 0 Å². The number of benzene rings is 1. The third-order valence-corrected chi connectivity index (χ3v) is 2.62. The molecule has 0 spiro atoms. The first-order valence-corrected chi connectivity index (χ1v) is 5.58. The monoisotopic (exact) mass is 228 g/mol. The lowest BCUT2D eigenvalue weighted by Gasteiger charge is -2.09. The molecule has 0 radical (unpaired) electrons. The van der Waals surface area contributed by atoms with Crippen molar-refractivity contribution in [3.8, 4) is 5.75 Å². The first-order chi connectivity index (χ1) is 8.29. The van der Waals surface area contributed by atoms with Gasteiger partial charge in [-0.1, -0.05) is 12.1 Å². The Hall–Kier alpha value is -2.03. The largest absolute Gasteiger partial charge is 0.497 e. The van der Waals surface area contributed by atoms with E-state index in [-0.39, 0.29) is 0 Å². The molecule has 0 bridgehead atoms. The van der Waals surface area contributed by atoms with E-state index in [2.05, 4.69) is 16.4 Å². The smallest absolute Gasteiger partial charge is 0.119 e. The fourth-order valence-corrected chi connectivity index (χ4v) is 1.65. The minimum atomic E-state index is 0.768. The van der Waals surface area contributed by atoms with Crippen LogP contribution in [0, 0.1) is 6.92 Å². The molecule has 0 aliphatic carbocycles. The Labute approximate surface area is 101 Å². The van der Waals surface area contributed by atoms with Gasteiger partial charge in [-0.2, -0.15) is 0 Å². The highest BCUT2D eigenvalue weighted by atomic mass is 16.5. The van der Waals surface area contributed by atoms with Crippen molar-refractivity contribution in [3.05, 3.63) is 53.9 Å². The van der Waals surface area contributed by atoms with Crippen molar-refractivity contribution in [2.75, 3.05) is 12.4 Å². The lowest BCUT2D eigenvalue weighted by molar-refractivity contribution is 0.414. The van der Waals surface area contributed by atoms with E-state index in [1.165, 1.54) is 5.56 Å². The molecular formula is C14H16N2O. The molecule has 0 atom stereocenters. The highest BCUT2D eigenvalue weighted by Gasteiger charge is 1.99. The van der Waals surface area contributed by atoms with Crippen LogP contribution in [0.25, 0.3) is 0 Å². The van der Waals surface area contributed by atoms with E-state index < -0.39 is 0 Å². The maximum atomic E-state index is 5.19. The van der Waals surface area contributed by atoms with Gasteiger partial charge in [0.2, 0.25) is 0 Å². The Morgan fingerprint density at radius 2 is 2.12 bits per heavy atom. The highest BCUT2D eigenvalue weighted by Crippen LogP contribution is 2.15. The van der Waals surface area contributed by atoms with Crippen LogP contribution in [0.15, 0.2) is 42.6 Å². The minimum Gasteiger partial charge on any atom is -0.497 e. The first kappa shape index (κ1) is 11.5. The van der Waals surface area contributed by atoms with E-state index in [1.54, 1.807) is 13.3 Å². The molecule has 2 rings (SSSR count). The van der Waals surface area contributed by atoms with Crippen molar-refractivity contribution in [2.24, 2.45) is 0 Å². The van der Waals surface area contributed by atoms with Gasteiger partial charge in [-0.25, -0.2) is 0 Å². The summed E-state index contributed by atoms with van der Waals surface area (Å²) in [5, 5.41) is 3.36. The van der Waals surface area contributed by atoms with E-state index >= 15 is 0 Å². The number of pyridine rings is 1. The summed E-state index contributed by atoms with van der Waals surface area (Å²) >= 11 is 0. The van der Waals surface area contributed by atoms with Gasteiger partial charge in [-0.15, -0.1) is 0 Å². The second kappa shape index (κ2) is 5.34. The number of rotatable bonds is 4. The van der Waals surface area contributed by atoms with Gasteiger partial charge in [0.05, 0.1) is 18.5 Å². The van der Waals surface area contributed by atoms with Crippen molar-refractivity contribution in [1.82, 2.24) is 4.98 Å². The number of anilines is 1. The van der Waals surface area contributed by atoms with Crippen LogP contribution in [0.5, 0.6) is 5.75 Å². The summed E-state index contributed by atoms with van der Waals surface area (Å²) in [4.78, 5) is 4.24. The molecule has 17 heavy (non-hydrogen) atoms. The normalized spacial score (nSPS) is 10.0. The van der Waals surface area contributed by atoms with Crippen LogP contribution in [-0.2, 0) is 6.54 Å². The molecule has 1 heterocycles. The molecule has 3 heteroatoms. The van der Waals surface area contributed by atoms with Gasteiger partial charge < -0.3 is 10.1 Å². The summed E-state index contributed by atoms with van der Waals surface area (Å²) < 4.78 is 5.19. The predicted molar refractivity (Wildman–Crippen MR) is 69.3 cm³/mol. The predicted octanol–water partition coefficient (Wildman–Crippen LogP) is 3.01. The standard InChI is InChI=1S/C14H16N2O/c1-11-14(7-4-8-15-11)16-10-12-5-3-6-13(9-12)17-2/h3-9,16H,10H2,1-2H3. The Morgan fingerprint density at radius 3 is 2.88 bits per heavy atom. The van der Waals surface area contributed by atoms with Gasteiger partial charge in [-0.05, 0) is 36.8 Å². The number of aryl methyl sites for hydroxylation is 1. The molecule has 2 aromatic rings. The maximum Gasteiger partial charge on any atom is 0.119 e. The molecule has 0 fully saturated rings. The quantitative estimate of drug-likeness (QED) is 0.873. The second-order valence-electron chi connectivity index (χ2n) is 3.84. The molecule has 1 aromatic carbocycles. The molecule has 0 unspecified atom stereocenters. The molecule has 88 valence electrons. The SMILES string of the molecule is COc1cccc(CNc2cccnc2C)c1. The average Bonchev–Trinajstić information content (AvgIpc) is 2.38. The van der Waals surface area contributed by atoms with Gasteiger partial charge in [-0.3, -0.25) is 4.98 Å². The molecule has 3 nitrogen and oxygen atoms in total. The van der Waals surface area contributed by atoms with E-state index in [1.807, 2.05) is 37.3 Å². The van der Waals surface area contributed by atoms with Crippen LogP contribution in [-0.4, -0.2) is 12.1 Å². The Morgan fingerprint density at radius 1 is 1.24 bits per heavy atom. The number of hydrogen-bond donors (Lipinski definition) is 1. The van der Waals surface area contributed by atoms with Crippen molar-refractivity contribution < 1.29 is 4.74 Å². The number of ether oxygens (including phenoxy) is 1. The summed E-state index contributed by atoms with van der Waals surface area (Å²) in [6.07, 6.45) is 1.80. The first-order valence-electron chi connectivity index (χ1n) is 5.58. The molecule has 1 aromatic heterocycles. The van der Waals surface area contributed by atoms with E-state index in [0.717, 1.165) is 23.7 Å². The highest BCUT2D eigenvalue weighted by molar-refractivity contribution is 5.47. The van der Waals surface area contributed by atoms with Gasteiger partial charge in [0.1, 0.15) is 5.75 Å². The van der Waals surface area contributed by atoms with Crippen molar-refractivity contribution in [3.63, 3.8) is 0 Å². The Kier molecular flexibility index (Phi) is 3.60. The number of methoxy groups -OCH3 is 1. The van der Waals surface area contributed by atoms with Gasteiger partial charge in [0.15, 0.2) is 0 Å². The topological polar surface area (TPSA) is 34.1 Å².